The monoisotopic (exact) mass is 237 g/mol. The molecule has 0 amide bonds. The Labute approximate surface area is 89.7 Å². The van der Waals surface area contributed by atoms with Gasteiger partial charge in [0.05, 0.1) is 17.7 Å². The first kappa shape index (κ1) is 12.9. The molecule has 0 aliphatic carbocycles. The largest absolute Gasteiger partial charge is 0.416 e. The number of nitrogens with two attached hydrogens (primary N) is 1. The van der Waals surface area contributed by atoms with Crippen LogP contribution in [0.4, 0.5) is 17.6 Å². The van der Waals surface area contributed by atoms with Gasteiger partial charge in [0.2, 0.25) is 0 Å². The second-order valence-corrected chi connectivity index (χ2v) is 3.50. The number of rotatable bonds is 2. The Bertz CT molecular complexity index is 376. The lowest BCUT2D eigenvalue weighted by atomic mass is 10.00. The first-order chi connectivity index (χ1) is 7.23. The molecule has 0 radical (unpaired) electrons. The van der Waals surface area contributed by atoms with Crippen LogP contribution in [0.3, 0.4) is 0 Å². The summed E-state index contributed by atoms with van der Waals surface area (Å²) in [5.74, 6) is -0.860. The highest BCUT2D eigenvalue weighted by Crippen LogP contribution is 2.31. The molecule has 0 aliphatic heterocycles. The van der Waals surface area contributed by atoms with Crippen LogP contribution in [0.15, 0.2) is 18.2 Å². The predicted octanol–water partition coefficient (Wildman–Crippen LogP) is 2.23. The van der Waals surface area contributed by atoms with Crippen molar-refractivity contribution in [3.05, 3.63) is 35.1 Å². The van der Waals surface area contributed by atoms with E-state index in [1.165, 1.54) is 6.92 Å². The summed E-state index contributed by atoms with van der Waals surface area (Å²) in [6, 6.07) is 0.767. The van der Waals surface area contributed by atoms with E-state index in [2.05, 4.69) is 0 Å². The van der Waals surface area contributed by atoms with Gasteiger partial charge in [0, 0.05) is 5.56 Å². The first-order valence-electron chi connectivity index (χ1n) is 4.53. The van der Waals surface area contributed by atoms with E-state index in [-0.39, 0.29) is 5.56 Å². The zero-order valence-corrected chi connectivity index (χ0v) is 8.42. The van der Waals surface area contributed by atoms with Crippen LogP contribution in [0.1, 0.15) is 24.1 Å². The van der Waals surface area contributed by atoms with Crippen LogP contribution in [0.5, 0.6) is 0 Å². The highest BCUT2D eigenvalue weighted by Gasteiger charge is 2.32. The third kappa shape index (κ3) is 2.70. The number of alkyl halides is 3. The summed E-state index contributed by atoms with van der Waals surface area (Å²) >= 11 is 0. The molecule has 1 aromatic carbocycles. The maximum Gasteiger partial charge on any atom is 0.416 e. The quantitative estimate of drug-likeness (QED) is 0.775. The molecule has 0 bridgehead atoms. The van der Waals surface area contributed by atoms with Gasteiger partial charge in [-0.25, -0.2) is 4.39 Å². The van der Waals surface area contributed by atoms with Crippen molar-refractivity contribution < 1.29 is 22.7 Å². The molecule has 0 fully saturated rings. The molecule has 2 atom stereocenters. The van der Waals surface area contributed by atoms with Gasteiger partial charge < -0.3 is 10.8 Å². The van der Waals surface area contributed by atoms with Gasteiger partial charge >= 0.3 is 6.18 Å². The van der Waals surface area contributed by atoms with E-state index in [4.69, 9.17) is 10.8 Å². The minimum atomic E-state index is -4.55. The molecular formula is C10H11F4NO. The highest BCUT2D eigenvalue weighted by atomic mass is 19.4. The predicted molar refractivity (Wildman–Crippen MR) is 50.0 cm³/mol. The average molecular weight is 237 g/mol. The average Bonchev–Trinajstić information content (AvgIpc) is 2.15. The number of benzene rings is 1. The molecule has 0 saturated heterocycles. The van der Waals surface area contributed by atoms with Crippen LogP contribution in [-0.4, -0.2) is 11.2 Å². The van der Waals surface area contributed by atoms with E-state index < -0.39 is 29.7 Å². The molecule has 0 unspecified atom stereocenters. The Morgan fingerprint density at radius 2 is 1.88 bits per heavy atom. The van der Waals surface area contributed by atoms with Crippen molar-refractivity contribution >= 4 is 0 Å². The summed E-state index contributed by atoms with van der Waals surface area (Å²) in [7, 11) is 0. The first-order valence-corrected chi connectivity index (χ1v) is 4.53. The second kappa shape index (κ2) is 4.39. The smallest absolute Gasteiger partial charge is 0.391 e. The van der Waals surface area contributed by atoms with E-state index in [1.54, 1.807) is 0 Å². The van der Waals surface area contributed by atoms with Gasteiger partial charge in [-0.1, -0.05) is 0 Å². The number of halogens is 4. The van der Waals surface area contributed by atoms with Crippen molar-refractivity contribution in [2.45, 2.75) is 25.2 Å². The Morgan fingerprint density at radius 3 is 2.31 bits per heavy atom. The molecule has 16 heavy (non-hydrogen) atoms. The van der Waals surface area contributed by atoms with Crippen molar-refractivity contribution in [2.75, 3.05) is 0 Å². The molecule has 90 valence electrons. The highest BCUT2D eigenvalue weighted by molar-refractivity contribution is 5.29. The molecule has 0 heterocycles. The standard InChI is InChI=1S/C10H11F4NO/c1-5(16)9(15)7-4-6(10(12,13)14)2-3-8(7)11/h2-5,9,16H,15H2,1H3/t5-,9+/m0/s1. The Morgan fingerprint density at radius 1 is 1.31 bits per heavy atom. The number of aliphatic hydroxyl groups is 1. The Kier molecular flexibility index (Phi) is 3.54. The summed E-state index contributed by atoms with van der Waals surface area (Å²) in [6.45, 7) is 1.28. The lowest BCUT2D eigenvalue weighted by Crippen LogP contribution is -2.24. The third-order valence-corrected chi connectivity index (χ3v) is 2.20. The normalized spacial score (nSPS) is 15.9. The van der Waals surface area contributed by atoms with Crippen LogP contribution in [-0.2, 0) is 6.18 Å². The minimum absolute atomic E-state index is 0.343. The molecule has 0 saturated carbocycles. The van der Waals surface area contributed by atoms with E-state index in [0.29, 0.717) is 18.2 Å². The fourth-order valence-electron chi connectivity index (χ4n) is 1.24. The zero-order valence-electron chi connectivity index (χ0n) is 8.42. The Hall–Kier alpha value is -1.14. The van der Waals surface area contributed by atoms with Crippen LogP contribution >= 0.6 is 0 Å². The lowest BCUT2D eigenvalue weighted by molar-refractivity contribution is -0.137. The van der Waals surface area contributed by atoms with Gasteiger partial charge in [0.25, 0.3) is 0 Å². The number of hydrogen-bond donors (Lipinski definition) is 2. The van der Waals surface area contributed by atoms with Crippen molar-refractivity contribution in [3.63, 3.8) is 0 Å². The van der Waals surface area contributed by atoms with E-state index in [0.717, 1.165) is 0 Å². The molecule has 6 heteroatoms. The van der Waals surface area contributed by atoms with Gasteiger partial charge in [0.1, 0.15) is 5.82 Å². The van der Waals surface area contributed by atoms with Gasteiger partial charge in [-0.2, -0.15) is 13.2 Å². The molecule has 1 aromatic rings. The zero-order chi connectivity index (χ0) is 12.5. The molecule has 2 nitrogen and oxygen atoms in total. The molecule has 0 aromatic heterocycles. The van der Waals surface area contributed by atoms with Gasteiger partial charge in [-0.15, -0.1) is 0 Å². The SMILES string of the molecule is C[C@H](O)[C@@H](N)c1cc(C(F)(F)F)ccc1F. The van der Waals surface area contributed by atoms with Gasteiger partial charge in [0.15, 0.2) is 0 Å². The van der Waals surface area contributed by atoms with E-state index in [1.807, 2.05) is 0 Å². The Balaban J connectivity index is 3.19. The molecule has 0 spiro atoms. The fraction of sp³-hybridized carbons (Fsp3) is 0.400. The fourth-order valence-corrected chi connectivity index (χ4v) is 1.24. The number of hydrogen-bond acceptors (Lipinski definition) is 2. The number of aliphatic hydroxyl groups excluding tert-OH is 1. The third-order valence-electron chi connectivity index (χ3n) is 2.20. The maximum atomic E-state index is 13.2. The van der Waals surface area contributed by atoms with Crippen LogP contribution in [0, 0.1) is 5.82 Å². The van der Waals surface area contributed by atoms with Gasteiger partial charge in [-0.05, 0) is 25.1 Å². The second-order valence-electron chi connectivity index (χ2n) is 3.50. The summed E-state index contributed by atoms with van der Waals surface area (Å²) < 4.78 is 50.2. The minimum Gasteiger partial charge on any atom is -0.391 e. The summed E-state index contributed by atoms with van der Waals surface area (Å²) in [6.07, 6.45) is -5.68. The van der Waals surface area contributed by atoms with E-state index >= 15 is 0 Å². The van der Waals surface area contributed by atoms with Crippen molar-refractivity contribution in [3.8, 4) is 0 Å². The molecule has 1 rings (SSSR count). The van der Waals surface area contributed by atoms with Crippen LogP contribution < -0.4 is 5.73 Å². The van der Waals surface area contributed by atoms with Crippen LogP contribution in [0.25, 0.3) is 0 Å². The van der Waals surface area contributed by atoms with Gasteiger partial charge in [-0.3, -0.25) is 0 Å². The molecular weight excluding hydrogens is 226 g/mol. The van der Waals surface area contributed by atoms with Crippen molar-refractivity contribution in [1.29, 1.82) is 0 Å². The lowest BCUT2D eigenvalue weighted by Gasteiger charge is -2.17. The maximum absolute atomic E-state index is 13.2. The topological polar surface area (TPSA) is 46.2 Å². The summed E-state index contributed by atoms with van der Waals surface area (Å²) in [4.78, 5) is 0. The molecule has 0 aliphatic rings. The molecule has 3 N–H and O–H groups in total. The van der Waals surface area contributed by atoms with Crippen molar-refractivity contribution in [2.24, 2.45) is 5.73 Å². The van der Waals surface area contributed by atoms with E-state index in [9.17, 15) is 17.6 Å². The summed E-state index contributed by atoms with van der Waals surface area (Å²) in [5, 5.41) is 9.12. The summed E-state index contributed by atoms with van der Waals surface area (Å²) in [5.41, 5.74) is 4.06. The van der Waals surface area contributed by atoms with Crippen molar-refractivity contribution in [1.82, 2.24) is 0 Å². The van der Waals surface area contributed by atoms with Crippen LogP contribution in [0.2, 0.25) is 0 Å².